The molecule has 33 heavy (non-hydrogen) atoms. The molecule has 2 aromatic carbocycles. The maximum Gasteiger partial charge on any atom is 0.270 e. The number of nitrogens with zero attached hydrogens (tertiary/aromatic N) is 3. The van der Waals surface area contributed by atoms with Gasteiger partial charge in [-0.2, -0.15) is 0 Å². The Morgan fingerprint density at radius 3 is 2.45 bits per heavy atom. The second-order valence-electron chi connectivity index (χ2n) is 7.79. The molecule has 0 unspecified atom stereocenters. The Balaban J connectivity index is 1.65. The van der Waals surface area contributed by atoms with E-state index in [1.807, 2.05) is 50.2 Å². The maximum absolute atomic E-state index is 13.7. The number of rotatable bonds is 7. The standard InChI is InChI=1S/C26H25ClN4OS/c1-4-19-11-13-20(14-12-19)16-31(24-17(2)7-5-9-21(24)27)25(32)22-15-28-26(33-22)30-23-10-6-8-18(3)29-23/h5-15H,4,16H2,1-3H3,(H,28,29,30). The number of carbonyl (C=O) groups excluding carboxylic acids is 1. The van der Waals surface area contributed by atoms with Crippen molar-refractivity contribution in [3.8, 4) is 0 Å². The minimum Gasteiger partial charge on any atom is -0.316 e. The third kappa shape index (κ3) is 5.41. The highest BCUT2D eigenvalue weighted by Crippen LogP contribution is 2.33. The van der Waals surface area contributed by atoms with Crippen LogP contribution < -0.4 is 10.2 Å². The van der Waals surface area contributed by atoms with Crippen molar-refractivity contribution in [1.82, 2.24) is 9.97 Å². The summed E-state index contributed by atoms with van der Waals surface area (Å²) in [6, 6.07) is 19.7. The van der Waals surface area contributed by atoms with Crippen LogP contribution in [0.25, 0.3) is 0 Å². The number of nitrogens with one attached hydrogen (secondary N) is 1. The third-order valence-electron chi connectivity index (χ3n) is 5.32. The molecule has 4 rings (SSSR count). The van der Waals surface area contributed by atoms with Crippen molar-refractivity contribution >= 4 is 45.5 Å². The zero-order chi connectivity index (χ0) is 23.4. The summed E-state index contributed by atoms with van der Waals surface area (Å²) in [6.07, 6.45) is 2.57. The Morgan fingerprint density at radius 2 is 1.76 bits per heavy atom. The van der Waals surface area contributed by atoms with E-state index in [9.17, 15) is 4.79 Å². The fourth-order valence-corrected chi connectivity index (χ4v) is 4.66. The van der Waals surface area contributed by atoms with Crippen LogP contribution in [0.4, 0.5) is 16.6 Å². The van der Waals surface area contributed by atoms with Crippen LogP contribution in [0.3, 0.4) is 0 Å². The molecule has 0 fully saturated rings. The Hall–Kier alpha value is -3.22. The van der Waals surface area contributed by atoms with Crippen molar-refractivity contribution in [2.45, 2.75) is 33.7 Å². The number of pyridine rings is 1. The van der Waals surface area contributed by atoms with Crippen molar-refractivity contribution < 1.29 is 4.79 Å². The van der Waals surface area contributed by atoms with Gasteiger partial charge in [-0.1, -0.05) is 72.3 Å². The molecule has 5 nitrogen and oxygen atoms in total. The average molecular weight is 477 g/mol. The molecule has 0 saturated carbocycles. The van der Waals surface area contributed by atoms with Crippen LogP contribution in [0.5, 0.6) is 0 Å². The lowest BCUT2D eigenvalue weighted by Crippen LogP contribution is -2.30. The summed E-state index contributed by atoms with van der Waals surface area (Å²) in [5.74, 6) is 0.548. The molecule has 7 heteroatoms. The lowest BCUT2D eigenvalue weighted by atomic mass is 10.1. The second kappa shape index (κ2) is 10.1. The quantitative estimate of drug-likeness (QED) is 0.313. The van der Waals surface area contributed by atoms with Crippen molar-refractivity contribution in [2.75, 3.05) is 10.2 Å². The van der Waals surface area contributed by atoms with Crippen LogP contribution >= 0.6 is 22.9 Å². The van der Waals surface area contributed by atoms with Crippen LogP contribution in [0, 0.1) is 13.8 Å². The fraction of sp³-hybridized carbons (Fsp3) is 0.192. The molecule has 1 amide bonds. The summed E-state index contributed by atoms with van der Waals surface area (Å²) < 4.78 is 0. The Labute approximate surface area is 203 Å². The van der Waals surface area contributed by atoms with E-state index in [2.05, 4.69) is 46.5 Å². The number of amides is 1. The number of aromatic nitrogens is 2. The number of thiazole rings is 1. The van der Waals surface area contributed by atoms with Gasteiger partial charge in [-0.15, -0.1) is 0 Å². The first-order valence-electron chi connectivity index (χ1n) is 10.8. The van der Waals surface area contributed by atoms with E-state index in [0.29, 0.717) is 33.1 Å². The van der Waals surface area contributed by atoms with E-state index >= 15 is 0 Å². The van der Waals surface area contributed by atoms with Crippen molar-refractivity contribution in [3.05, 3.63) is 99.1 Å². The van der Waals surface area contributed by atoms with Gasteiger partial charge >= 0.3 is 0 Å². The minimum atomic E-state index is -0.145. The van der Waals surface area contributed by atoms with Gasteiger partial charge in [0.05, 0.1) is 23.5 Å². The number of aryl methyl sites for hydroxylation is 3. The van der Waals surface area contributed by atoms with Crippen molar-refractivity contribution in [1.29, 1.82) is 0 Å². The maximum atomic E-state index is 13.7. The number of benzene rings is 2. The third-order valence-corrected chi connectivity index (χ3v) is 6.52. The summed E-state index contributed by atoms with van der Waals surface area (Å²) in [4.78, 5) is 24.8. The number of carbonyl (C=O) groups is 1. The summed E-state index contributed by atoms with van der Waals surface area (Å²) in [6.45, 7) is 6.43. The van der Waals surface area contributed by atoms with E-state index < -0.39 is 0 Å². The number of hydrogen-bond acceptors (Lipinski definition) is 5. The average Bonchev–Trinajstić information content (AvgIpc) is 3.26. The number of halogens is 1. The number of para-hydroxylation sites is 1. The van der Waals surface area contributed by atoms with Gasteiger partial charge in [0.25, 0.3) is 5.91 Å². The van der Waals surface area contributed by atoms with Gasteiger partial charge in [0, 0.05) is 5.69 Å². The van der Waals surface area contributed by atoms with E-state index in [-0.39, 0.29) is 5.91 Å². The lowest BCUT2D eigenvalue weighted by Gasteiger charge is -2.25. The fourth-order valence-electron chi connectivity index (χ4n) is 3.57. The molecule has 0 aliphatic heterocycles. The summed E-state index contributed by atoms with van der Waals surface area (Å²) in [5, 5.41) is 4.34. The van der Waals surface area contributed by atoms with Crippen LogP contribution in [-0.2, 0) is 13.0 Å². The topological polar surface area (TPSA) is 58.1 Å². The van der Waals surface area contributed by atoms with Gasteiger partial charge in [0.15, 0.2) is 5.13 Å². The Bertz CT molecular complexity index is 1250. The van der Waals surface area contributed by atoms with E-state index in [1.165, 1.54) is 16.9 Å². The zero-order valence-corrected chi connectivity index (χ0v) is 20.4. The second-order valence-corrected chi connectivity index (χ2v) is 9.22. The largest absolute Gasteiger partial charge is 0.316 e. The van der Waals surface area contributed by atoms with Crippen LogP contribution in [-0.4, -0.2) is 15.9 Å². The first-order valence-corrected chi connectivity index (χ1v) is 12.0. The molecule has 0 radical (unpaired) electrons. The monoisotopic (exact) mass is 476 g/mol. The zero-order valence-electron chi connectivity index (χ0n) is 18.8. The molecule has 2 heterocycles. The van der Waals surface area contributed by atoms with Gasteiger partial charge in [-0.3, -0.25) is 4.79 Å². The molecule has 4 aromatic rings. The molecule has 0 aliphatic rings. The summed E-state index contributed by atoms with van der Waals surface area (Å²) in [7, 11) is 0. The normalized spacial score (nSPS) is 10.8. The first-order chi connectivity index (χ1) is 15.9. The minimum absolute atomic E-state index is 0.145. The molecular weight excluding hydrogens is 452 g/mol. The first kappa shape index (κ1) is 23.0. The van der Waals surface area contributed by atoms with Gasteiger partial charge < -0.3 is 10.2 Å². The highest BCUT2D eigenvalue weighted by atomic mass is 35.5. The molecule has 2 aromatic heterocycles. The number of hydrogen-bond donors (Lipinski definition) is 1. The van der Waals surface area contributed by atoms with E-state index in [1.54, 1.807) is 11.1 Å². The van der Waals surface area contributed by atoms with E-state index in [0.717, 1.165) is 23.2 Å². The highest BCUT2D eigenvalue weighted by Gasteiger charge is 2.24. The molecule has 168 valence electrons. The van der Waals surface area contributed by atoms with Crippen LogP contribution in [0.2, 0.25) is 5.02 Å². The highest BCUT2D eigenvalue weighted by molar-refractivity contribution is 7.17. The molecule has 0 atom stereocenters. The Kier molecular flexibility index (Phi) is 7.06. The lowest BCUT2D eigenvalue weighted by molar-refractivity contribution is 0.0988. The van der Waals surface area contributed by atoms with Gasteiger partial charge in [0.2, 0.25) is 0 Å². The molecule has 0 saturated heterocycles. The molecular formula is C26H25ClN4OS. The van der Waals surface area contributed by atoms with Crippen LogP contribution in [0.1, 0.15) is 39.0 Å². The summed E-state index contributed by atoms with van der Waals surface area (Å²) in [5.41, 5.74) is 4.85. The van der Waals surface area contributed by atoms with Gasteiger partial charge in [-0.05, 0) is 55.2 Å². The smallest absolute Gasteiger partial charge is 0.270 e. The van der Waals surface area contributed by atoms with Gasteiger partial charge in [0.1, 0.15) is 10.7 Å². The summed E-state index contributed by atoms with van der Waals surface area (Å²) >= 11 is 7.87. The van der Waals surface area contributed by atoms with Crippen LogP contribution in [0.15, 0.2) is 66.9 Å². The molecule has 0 aliphatic carbocycles. The predicted octanol–water partition coefficient (Wildman–Crippen LogP) is 6.96. The Morgan fingerprint density at radius 1 is 1.03 bits per heavy atom. The number of anilines is 3. The molecule has 1 N–H and O–H groups in total. The van der Waals surface area contributed by atoms with Crippen molar-refractivity contribution in [2.24, 2.45) is 0 Å². The van der Waals surface area contributed by atoms with Gasteiger partial charge in [-0.25, -0.2) is 9.97 Å². The molecule has 0 spiro atoms. The van der Waals surface area contributed by atoms with E-state index in [4.69, 9.17) is 11.6 Å². The van der Waals surface area contributed by atoms with Crippen molar-refractivity contribution in [3.63, 3.8) is 0 Å². The molecule has 0 bridgehead atoms. The predicted molar refractivity (Wildman–Crippen MR) is 137 cm³/mol. The SMILES string of the molecule is CCc1ccc(CN(C(=O)c2cnc(Nc3cccc(C)n3)s2)c2c(C)cccc2Cl)cc1.